The van der Waals surface area contributed by atoms with E-state index in [0.29, 0.717) is 29.1 Å². The predicted octanol–water partition coefficient (Wildman–Crippen LogP) is 5.03. The summed E-state index contributed by atoms with van der Waals surface area (Å²) in [4.78, 5) is 27.4. The lowest BCUT2D eigenvalue weighted by molar-refractivity contribution is 0.0998. The smallest absolute Gasteiger partial charge is 0.265 e. The Labute approximate surface area is 220 Å². The van der Waals surface area contributed by atoms with Crippen LogP contribution in [-0.2, 0) is 22.9 Å². The first kappa shape index (κ1) is 25.0. The second-order valence-corrected chi connectivity index (χ2v) is 10.8. The van der Waals surface area contributed by atoms with Crippen LogP contribution in [0.1, 0.15) is 46.4 Å². The third kappa shape index (κ3) is 5.24. The lowest BCUT2D eigenvalue weighted by Gasteiger charge is -2.22. The van der Waals surface area contributed by atoms with Crippen molar-refractivity contribution in [1.82, 2.24) is 19.7 Å². The number of benzene rings is 3. The third-order valence-electron chi connectivity index (χ3n) is 6.36. The van der Waals surface area contributed by atoms with Crippen LogP contribution >= 0.6 is 11.6 Å². The van der Waals surface area contributed by atoms with Crippen molar-refractivity contribution in [2.24, 2.45) is 0 Å². The predicted molar refractivity (Wildman–Crippen MR) is 141 cm³/mol. The van der Waals surface area contributed by atoms with Gasteiger partial charge in [0.1, 0.15) is 12.7 Å². The van der Waals surface area contributed by atoms with E-state index in [2.05, 4.69) is 19.7 Å². The summed E-state index contributed by atoms with van der Waals surface area (Å²) in [5.74, 6) is -0.231. The normalized spacial score (nSPS) is 14.8. The summed E-state index contributed by atoms with van der Waals surface area (Å²) in [5, 5.41) is 0.428. The molecule has 8 nitrogen and oxygen atoms in total. The van der Waals surface area contributed by atoms with Gasteiger partial charge < -0.3 is 0 Å². The summed E-state index contributed by atoms with van der Waals surface area (Å²) >= 11 is 6.13. The molecular formula is C27H24ClN5O3S. The van der Waals surface area contributed by atoms with Crippen LogP contribution in [0.25, 0.3) is 0 Å². The molecule has 0 fully saturated rings. The van der Waals surface area contributed by atoms with Crippen molar-refractivity contribution in [2.45, 2.75) is 37.1 Å². The van der Waals surface area contributed by atoms with Crippen molar-refractivity contribution in [3.63, 3.8) is 0 Å². The Morgan fingerprint density at radius 3 is 2.51 bits per heavy atom. The van der Waals surface area contributed by atoms with Gasteiger partial charge in [0, 0.05) is 16.6 Å². The zero-order valence-electron chi connectivity index (χ0n) is 20.0. The number of nitrogens with zero attached hydrogens (tertiary/aromatic N) is 4. The molecule has 1 atom stereocenters. The van der Waals surface area contributed by atoms with Crippen LogP contribution in [-0.4, -0.2) is 29.3 Å². The maximum Gasteiger partial charge on any atom is 0.265 e. The molecule has 0 spiro atoms. The summed E-state index contributed by atoms with van der Waals surface area (Å²) in [6, 6.07) is 18.6. The Morgan fingerprint density at radius 1 is 1.05 bits per heavy atom. The average molecular weight is 534 g/mol. The molecule has 0 radical (unpaired) electrons. The highest BCUT2D eigenvalue weighted by molar-refractivity contribution is 7.89. The average Bonchev–Trinajstić information content (AvgIpc) is 3.30. The van der Waals surface area contributed by atoms with E-state index in [0.717, 1.165) is 23.1 Å². The number of hydrogen-bond donors (Lipinski definition) is 1. The summed E-state index contributed by atoms with van der Waals surface area (Å²) < 4.78 is 29.1. The van der Waals surface area contributed by atoms with Gasteiger partial charge in [0.05, 0.1) is 10.6 Å². The van der Waals surface area contributed by atoms with Crippen LogP contribution in [0.2, 0.25) is 5.02 Å². The van der Waals surface area contributed by atoms with Crippen molar-refractivity contribution >= 4 is 39.2 Å². The topological polar surface area (TPSA) is 105 Å². The lowest BCUT2D eigenvalue weighted by Crippen LogP contribution is -2.29. The van der Waals surface area contributed by atoms with E-state index in [9.17, 15) is 13.2 Å². The number of hydrogen-bond acceptors (Lipinski definition) is 6. The van der Waals surface area contributed by atoms with E-state index < -0.39 is 16.1 Å². The number of carbonyl (C=O) groups excluding carboxylic acids is 1. The molecule has 0 saturated carbocycles. The van der Waals surface area contributed by atoms with Gasteiger partial charge in [-0.05, 0) is 78.4 Å². The zero-order valence-corrected chi connectivity index (χ0v) is 21.6. The van der Waals surface area contributed by atoms with Crippen LogP contribution in [0.15, 0.2) is 84.3 Å². The van der Waals surface area contributed by atoms with Crippen LogP contribution in [0.4, 0.5) is 11.6 Å². The Hall–Kier alpha value is -3.66. The molecule has 0 saturated heterocycles. The van der Waals surface area contributed by atoms with Gasteiger partial charge in [-0.2, -0.15) is 0 Å². The van der Waals surface area contributed by atoms with Gasteiger partial charge in [-0.3, -0.25) is 4.79 Å². The molecule has 0 bridgehead atoms. The third-order valence-corrected chi connectivity index (χ3v) is 8.08. The van der Waals surface area contributed by atoms with Gasteiger partial charge in [0.25, 0.3) is 5.91 Å². The van der Waals surface area contributed by atoms with Gasteiger partial charge in [-0.15, -0.1) is 0 Å². The van der Waals surface area contributed by atoms with E-state index in [-0.39, 0.29) is 16.8 Å². The molecule has 1 amide bonds. The quantitative estimate of drug-likeness (QED) is 0.357. The number of sulfonamides is 1. The monoisotopic (exact) mass is 533 g/mol. The van der Waals surface area contributed by atoms with E-state index in [1.54, 1.807) is 36.4 Å². The van der Waals surface area contributed by atoms with Crippen molar-refractivity contribution in [2.75, 3.05) is 4.90 Å². The fourth-order valence-corrected chi connectivity index (χ4v) is 5.87. The number of nitrogens with one attached hydrogen (secondary N) is 1. The number of anilines is 2. The molecule has 4 aromatic rings. The van der Waals surface area contributed by atoms with E-state index in [4.69, 9.17) is 11.6 Å². The Balaban J connectivity index is 1.50. The summed E-state index contributed by atoms with van der Waals surface area (Å²) in [6.45, 7) is 2.02. The highest BCUT2D eigenvalue weighted by Gasteiger charge is 2.30. The maximum absolute atomic E-state index is 13.6. The number of aryl methyl sites for hydroxylation is 2. The number of rotatable bonds is 7. The standard InChI is InChI=1S/C27H24ClN5O3S/c1-2-18-6-11-23(12-7-18)37(35,36)32-25-13-9-19-8-10-22(15-24(19)25)33(27-30-16-29-17-31-27)26(34)20-4-3-5-21(28)14-20/h3-8,10-12,14-17,25,32H,2,9,13H2,1H3. The van der Waals surface area contributed by atoms with Crippen LogP contribution in [0.5, 0.6) is 0 Å². The highest BCUT2D eigenvalue weighted by atomic mass is 35.5. The van der Waals surface area contributed by atoms with Gasteiger partial charge in [-0.1, -0.05) is 42.8 Å². The molecule has 10 heteroatoms. The zero-order chi connectivity index (χ0) is 26.0. The fraction of sp³-hybridized carbons (Fsp3) is 0.185. The van der Waals surface area contributed by atoms with Crippen LogP contribution in [0, 0.1) is 0 Å². The first-order valence-electron chi connectivity index (χ1n) is 11.8. The fourth-order valence-electron chi connectivity index (χ4n) is 4.43. The minimum atomic E-state index is -3.74. The van der Waals surface area contributed by atoms with Crippen molar-refractivity contribution in [3.05, 3.63) is 107 Å². The number of carbonyl (C=O) groups is 1. The summed E-state index contributed by atoms with van der Waals surface area (Å²) in [6.07, 6.45) is 4.78. The molecule has 5 rings (SSSR count). The maximum atomic E-state index is 13.6. The minimum absolute atomic E-state index is 0.145. The summed E-state index contributed by atoms with van der Waals surface area (Å²) in [7, 11) is -3.74. The van der Waals surface area contributed by atoms with Crippen molar-refractivity contribution < 1.29 is 13.2 Å². The Kier molecular flexibility index (Phi) is 7.01. The first-order valence-corrected chi connectivity index (χ1v) is 13.7. The molecule has 37 heavy (non-hydrogen) atoms. The molecule has 1 aromatic heterocycles. The Morgan fingerprint density at radius 2 is 1.81 bits per heavy atom. The molecule has 1 aliphatic carbocycles. The van der Waals surface area contributed by atoms with Gasteiger partial charge in [0.15, 0.2) is 0 Å². The molecule has 0 aliphatic heterocycles. The van der Waals surface area contributed by atoms with Gasteiger partial charge in [0.2, 0.25) is 16.0 Å². The minimum Gasteiger partial charge on any atom is -0.268 e. The second-order valence-electron chi connectivity index (χ2n) is 8.68. The molecule has 188 valence electrons. The van der Waals surface area contributed by atoms with Gasteiger partial charge in [-0.25, -0.2) is 33.0 Å². The molecule has 3 aromatic carbocycles. The van der Waals surface area contributed by atoms with Crippen LogP contribution < -0.4 is 9.62 Å². The molecular weight excluding hydrogens is 510 g/mol. The largest absolute Gasteiger partial charge is 0.268 e. The number of halogens is 1. The van der Waals surface area contributed by atoms with E-state index in [1.807, 2.05) is 37.3 Å². The van der Waals surface area contributed by atoms with E-state index in [1.165, 1.54) is 17.6 Å². The number of aromatic nitrogens is 3. The second kappa shape index (κ2) is 10.4. The highest BCUT2D eigenvalue weighted by Crippen LogP contribution is 2.37. The molecule has 1 aliphatic rings. The summed E-state index contributed by atoms with van der Waals surface area (Å²) in [5.41, 5.74) is 3.76. The Bertz CT molecular complexity index is 1550. The van der Waals surface area contributed by atoms with E-state index >= 15 is 0 Å². The first-order chi connectivity index (χ1) is 17.9. The molecule has 1 unspecified atom stereocenters. The SMILES string of the molecule is CCc1ccc(S(=O)(=O)NC2CCc3ccc(N(C(=O)c4cccc(Cl)c4)c4ncncn4)cc32)cc1. The van der Waals surface area contributed by atoms with Crippen molar-refractivity contribution in [3.8, 4) is 0 Å². The number of amides is 1. The molecule has 1 heterocycles. The number of fused-ring (bicyclic) bond motifs is 1. The van der Waals surface area contributed by atoms with Crippen molar-refractivity contribution in [1.29, 1.82) is 0 Å². The molecule has 1 N–H and O–H groups in total. The van der Waals surface area contributed by atoms with Gasteiger partial charge >= 0.3 is 0 Å². The lowest BCUT2D eigenvalue weighted by atomic mass is 10.1. The van der Waals surface area contributed by atoms with Crippen LogP contribution in [0.3, 0.4) is 0 Å².